The van der Waals surface area contributed by atoms with Crippen LogP contribution in [0.4, 0.5) is 0 Å². The van der Waals surface area contributed by atoms with Gasteiger partial charge in [0.1, 0.15) is 17.3 Å². The first-order valence-corrected chi connectivity index (χ1v) is 10.7. The number of carbonyl (C=O) groups is 2. The third-order valence-electron chi connectivity index (χ3n) is 5.41. The summed E-state index contributed by atoms with van der Waals surface area (Å²) >= 11 is 0. The molecule has 1 aliphatic rings. The van der Waals surface area contributed by atoms with Crippen molar-refractivity contribution in [3.8, 4) is 11.5 Å². The zero-order chi connectivity index (χ0) is 23.3. The highest BCUT2D eigenvalue weighted by molar-refractivity contribution is 6.46. The summed E-state index contributed by atoms with van der Waals surface area (Å²) in [7, 11) is 5.48. The van der Waals surface area contributed by atoms with Crippen molar-refractivity contribution in [2.75, 3.05) is 40.9 Å². The summed E-state index contributed by atoms with van der Waals surface area (Å²) in [6.07, 6.45) is 0.704. The monoisotopic (exact) mass is 438 g/mol. The number of hydrogen-bond donors (Lipinski definition) is 1. The van der Waals surface area contributed by atoms with Crippen LogP contribution in [-0.2, 0) is 9.59 Å². The molecule has 1 aliphatic heterocycles. The number of Topliss-reactive ketones (excluding diaryl/α,β-unsaturated/α-hetero) is 1. The molecule has 32 heavy (non-hydrogen) atoms. The van der Waals surface area contributed by atoms with Crippen molar-refractivity contribution in [2.45, 2.75) is 19.4 Å². The fourth-order valence-corrected chi connectivity index (χ4v) is 3.83. The van der Waals surface area contributed by atoms with Crippen molar-refractivity contribution in [3.05, 3.63) is 65.2 Å². The Morgan fingerprint density at radius 3 is 2.22 bits per heavy atom. The van der Waals surface area contributed by atoms with Crippen LogP contribution in [0.3, 0.4) is 0 Å². The number of ketones is 1. The number of amides is 1. The lowest BCUT2D eigenvalue weighted by Crippen LogP contribution is -2.32. The lowest BCUT2D eigenvalue weighted by molar-refractivity contribution is -0.139. The van der Waals surface area contributed by atoms with E-state index >= 15 is 0 Å². The maximum absolute atomic E-state index is 13.0. The Labute approximate surface area is 188 Å². The molecule has 2 aromatic carbocycles. The molecule has 0 aliphatic carbocycles. The van der Waals surface area contributed by atoms with Gasteiger partial charge in [0.25, 0.3) is 11.7 Å². The number of benzene rings is 2. The van der Waals surface area contributed by atoms with Crippen molar-refractivity contribution in [3.63, 3.8) is 0 Å². The summed E-state index contributed by atoms with van der Waals surface area (Å²) in [5.74, 6) is -0.135. The number of aliphatic hydroxyl groups excluding tert-OH is 1. The minimum atomic E-state index is -0.679. The van der Waals surface area contributed by atoms with Crippen LogP contribution in [0.25, 0.3) is 5.76 Å². The van der Waals surface area contributed by atoms with E-state index in [0.29, 0.717) is 36.6 Å². The minimum absolute atomic E-state index is 0.0918. The van der Waals surface area contributed by atoms with Gasteiger partial charge in [0.2, 0.25) is 0 Å². The van der Waals surface area contributed by atoms with Gasteiger partial charge in [-0.05, 0) is 75.9 Å². The molecule has 0 aromatic heterocycles. The van der Waals surface area contributed by atoms with Crippen molar-refractivity contribution in [1.29, 1.82) is 0 Å². The molecule has 1 atom stereocenters. The summed E-state index contributed by atoms with van der Waals surface area (Å²) in [6, 6.07) is 13.4. The highest BCUT2D eigenvalue weighted by atomic mass is 16.5. The fourth-order valence-electron chi connectivity index (χ4n) is 3.83. The normalized spacial score (nSPS) is 17.8. The smallest absolute Gasteiger partial charge is 0.295 e. The van der Waals surface area contributed by atoms with Crippen LogP contribution in [0.5, 0.6) is 11.5 Å². The van der Waals surface area contributed by atoms with Crippen molar-refractivity contribution >= 4 is 17.4 Å². The van der Waals surface area contributed by atoms with Crippen molar-refractivity contribution in [1.82, 2.24) is 9.80 Å². The Balaban J connectivity index is 2.05. The Morgan fingerprint density at radius 2 is 1.66 bits per heavy atom. The van der Waals surface area contributed by atoms with Crippen LogP contribution in [0.1, 0.15) is 30.5 Å². The standard InChI is InChI=1S/C25H30N2O5/c1-5-32-20-13-7-17(8-14-20)22-21(23(28)18-9-11-19(31-4)12-10-18)24(29)25(30)27(22)16-6-15-26(2)3/h7-14,22,28H,5-6,15-16H2,1-4H3/b23-21+. The third kappa shape index (κ3) is 4.94. The quantitative estimate of drug-likeness (QED) is 0.367. The van der Waals surface area contributed by atoms with Crippen LogP contribution in [0.2, 0.25) is 0 Å². The number of rotatable bonds is 9. The number of hydrogen-bond acceptors (Lipinski definition) is 6. The molecule has 1 fully saturated rings. The molecule has 1 heterocycles. The van der Waals surface area contributed by atoms with Crippen LogP contribution < -0.4 is 9.47 Å². The van der Waals surface area contributed by atoms with Gasteiger partial charge in [0.15, 0.2) is 0 Å². The van der Waals surface area contributed by atoms with Crippen LogP contribution in [0.15, 0.2) is 54.1 Å². The van der Waals surface area contributed by atoms with E-state index in [0.717, 1.165) is 12.1 Å². The lowest BCUT2D eigenvalue weighted by atomic mass is 9.95. The van der Waals surface area contributed by atoms with Gasteiger partial charge in [-0.2, -0.15) is 0 Å². The van der Waals surface area contributed by atoms with Crippen LogP contribution in [-0.4, -0.2) is 67.5 Å². The lowest BCUT2D eigenvalue weighted by Gasteiger charge is -2.26. The molecule has 3 rings (SSSR count). The molecule has 7 heteroatoms. The third-order valence-corrected chi connectivity index (χ3v) is 5.41. The Morgan fingerprint density at radius 1 is 1.03 bits per heavy atom. The van der Waals surface area contributed by atoms with E-state index in [-0.39, 0.29) is 11.3 Å². The molecule has 170 valence electrons. The summed E-state index contributed by atoms with van der Waals surface area (Å²) in [5.41, 5.74) is 1.29. The molecule has 7 nitrogen and oxygen atoms in total. The molecule has 1 amide bonds. The Hall–Kier alpha value is -3.32. The SMILES string of the molecule is CCOc1ccc(C2/C(=C(\O)c3ccc(OC)cc3)C(=O)C(=O)N2CCCN(C)C)cc1. The average Bonchev–Trinajstić information content (AvgIpc) is 3.04. The molecule has 0 radical (unpaired) electrons. The second kappa shape index (κ2) is 10.3. The van der Waals surface area contributed by atoms with E-state index < -0.39 is 17.7 Å². The molecular weight excluding hydrogens is 408 g/mol. The average molecular weight is 439 g/mol. The van der Waals surface area contributed by atoms with Crippen molar-refractivity contribution in [2.24, 2.45) is 0 Å². The maximum atomic E-state index is 13.0. The minimum Gasteiger partial charge on any atom is -0.507 e. The van der Waals surface area contributed by atoms with Gasteiger partial charge in [0.05, 0.1) is 25.3 Å². The predicted molar refractivity (Wildman–Crippen MR) is 123 cm³/mol. The van der Waals surface area contributed by atoms with E-state index in [1.807, 2.05) is 50.2 Å². The van der Waals surface area contributed by atoms with E-state index in [4.69, 9.17) is 9.47 Å². The second-order valence-electron chi connectivity index (χ2n) is 7.88. The predicted octanol–water partition coefficient (Wildman–Crippen LogP) is 3.47. The van der Waals surface area contributed by atoms with E-state index in [1.54, 1.807) is 36.3 Å². The summed E-state index contributed by atoms with van der Waals surface area (Å²) in [5, 5.41) is 11.1. The largest absolute Gasteiger partial charge is 0.507 e. The highest BCUT2D eigenvalue weighted by Crippen LogP contribution is 2.40. The van der Waals surface area contributed by atoms with E-state index in [2.05, 4.69) is 0 Å². The first-order valence-electron chi connectivity index (χ1n) is 10.7. The van der Waals surface area contributed by atoms with Gasteiger partial charge >= 0.3 is 0 Å². The van der Waals surface area contributed by atoms with E-state index in [1.165, 1.54) is 0 Å². The molecule has 1 unspecified atom stereocenters. The van der Waals surface area contributed by atoms with Gasteiger partial charge in [-0.15, -0.1) is 0 Å². The number of carbonyl (C=O) groups excluding carboxylic acids is 2. The summed E-state index contributed by atoms with van der Waals surface area (Å²) < 4.78 is 10.7. The second-order valence-corrected chi connectivity index (χ2v) is 7.88. The zero-order valence-corrected chi connectivity index (χ0v) is 19.0. The molecular formula is C25H30N2O5. The Kier molecular flexibility index (Phi) is 7.53. The number of aliphatic hydroxyl groups is 1. The molecule has 1 N–H and O–H groups in total. The van der Waals surface area contributed by atoms with Crippen LogP contribution >= 0.6 is 0 Å². The summed E-state index contributed by atoms with van der Waals surface area (Å²) in [6.45, 7) is 3.62. The molecule has 0 spiro atoms. The fraction of sp³-hybridized carbons (Fsp3) is 0.360. The number of methoxy groups -OCH3 is 1. The van der Waals surface area contributed by atoms with E-state index in [9.17, 15) is 14.7 Å². The highest BCUT2D eigenvalue weighted by Gasteiger charge is 2.45. The number of nitrogens with zero attached hydrogens (tertiary/aromatic N) is 2. The van der Waals surface area contributed by atoms with Gasteiger partial charge in [-0.1, -0.05) is 12.1 Å². The molecule has 1 saturated heterocycles. The Bertz CT molecular complexity index is 980. The van der Waals surface area contributed by atoms with Gasteiger partial charge < -0.3 is 24.4 Å². The first kappa shape index (κ1) is 23.3. The van der Waals surface area contributed by atoms with Crippen LogP contribution in [0, 0.1) is 0 Å². The van der Waals surface area contributed by atoms with Crippen molar-refractivity contribution < 1.29 is 24.2 Å². The zero-order valence-electron chi connectivity index (χ0n) is 19.0. The first-order chi connectivity index (χ1) is 15.4. The van der Waals surface area contributed by atoms with Gasteiger partial charge in [-0.25, -0.2) is 0 Å². The number of likely N-dealkylation sites (tertiary alicyclic amines) is 1. The molecule has 0 saturated carbocycles. The molecule has 0 bridgehead atoms. The topological polar surface area (TPSA) is 79.3 Å². The van der Waals surface area contributed by atoms with Gasteiger partial charge in [-0.3, -0.25) is 9.59 Å². The maximum Gasteiger partial charge on any atom is 0.295 e. The number of ether oxygens (including phenoxy) is 2. The van der Waals surface area contributed by atoms with Gasteiger partial charge in [0, 0.05) is 12.1 Å². The molecule has 2 aromatic rings. The summed E-state index contributed by atoms with van der Waals surface area (Å²) in [4.78, 5) is 29.6.